The molecule has 0 aliphatic heterocycles. The topological polar surface area (TPSA) is 0 Å². The molecule has 1 aliphatic carbocycles. The van der Waals surface area contributed by atoms with E-state index in [2.05, 4.69) is 90.6 Å². The van der Waals surface area contributed by atoms with Gasteiger partial charge in [-0.1, -0.05) is 84.0 Å². The maximum atomic E-state index is 3.92. The number of hydrogen-bond acceptors (Lipinski definition) is 0. The Balaban J connectivity index is 2.11. The number of unbranched alkanes of at least 4 members (excludes halogenated alkanes) is 1. The van der Waals surface area contributed by atoms with Crippen LogP contribution in [0.3, 0.4) is 0 Å². The van der Waals surface area contributed by atoms with Crippen molar-refractivity contribution in [3.8, 4) is 11.1 Å². The van der Waals surface area contributed by atoms with Crippen molar-refractivity contribution in [2.75, 3.05) is 0 Å². The molecule has 0 N–H and O–H groups in total. The van der Waals surface area contributed by atoms with Crippen molar-refractivity contribution in [1.82, 2.24) is 0 Å². The van der Waals surface area contributed by atoms with Crippen molar-refractivity contribution in [2.24, 2.45) is 0 Å². The quantitative estimate of drug-likeness (QED) is 0.360. The van der Waals surface area contributed by atoms with Crippen LogP contribution in [0.4, 0.5) is 0 Å². The molecular weight excluding hydrogens is 324 g/mol. The molecule has 1 unspecified atom stereocenters. The summed E-state index contributed by atoms with van der Waals surface area (Å²) in [4.78, 5) is 0. The molecule has 0 heterocycles. The van der Waals surface area contributed by atoms with Crippen molar-refractivity contribution in [3.63, 3.8) is 0 Å². The number of hydrogen-bond donors (Lipinski definition) is 0. The summed E-state index contributed by atoms with van der Waals surface area (Å²) in [6.45, 7) is 17.9. The second kappa shape index (κ2) is 7.30. The zero-order valence-electron chi connectivity index (χ0n) is 18.2. The minimum absolute atomic E-state index is 0.185. The Bertz CT molecular complexity index is 830. The molecule has 0 bridgehead atoms. The largest absolute Gasteiger partial charge is 0.103 e. The molecule has 144 valence electrons. The summed E-state index contributed by atoms with van der Waals surface area (Å²) < 4.78 is 0. The van der Waals surface area contributed by atoms with Gasteiger partial charge in [-0.3, -0.25) is 0 Å². The molecule has 0 amide bonds. The Labute approximate surface area is 166 Å². The Morgan fingerprint density at radius 1 is 0.889 bits per heavy atom. The summed E-state index contributed by atoms with van der Waals surface area (Å²) in [5, 5.41) is 0. The van der Waals surface area contributed by atoms with Crippen LogP contribution in [-0.2, 0) is 10.8 Å². The molecule has 1 aliphatic rings. The van der Waals surface area contributed by atoms with Crippen molar-refractivity contribution < 1.29 is 0 Å². The molecule has 0 radical (unpaired) electrons. The number of allylic oxidation sites excluding steroid dienone is 1. The van der Waals surface area contributed by atoms with Crippen molar-refractivity contribution in [1.29, 1.82) is 0 Å². The Hall–Kier alpha value is -1.82. The highest BCUT2D eigenvalue weighted by Gasteiger charge is 2.31. The zero-order chi connectivity index (χ0) is 19.8. The van der Waals surface area contributed by atoms with E-state index >= 15 is 0 Å². The molecule has 27 heavy (non-hydrogen) atoms. The van der Waals surface area contributed by atoms with Gasteiger partial charge >= 0.3 is 0 Å². The van der Waals surface area contributed by atoms with Crippen LogP contribution in [0.5, 0.6) is 0 Å². The molecular formula is C27H36. The predicted octanol–water partition coefficient (Wildman–Crippen LogP) is 8.14. The second-order valence-electron chi connectivity index (χ2n) is 9.86. The van der Waals surface area contributed by atoms with Crippen LogP contribution in [0, 0.1) is 0 Å². The predicted molar refractivity (Wildman–Crippen MR) is 120 cm³/mol. The Morgan fingerprint density at radius 2 is 1.44 bits per heavy atom. The number of fused-ring (bicyclic) bond motifs is 3. The van der Waals surface area contributed by atoms with Crippen molar-refractivity contribution in [2.45, 2.75) is 84.0 Å². The highest BCUT2D eigenvalue weighted by molar-refractivity contribution is 5.79. The van der Waals surface area contributed by atoms with Crippen LogP contribution < -0.4 is 0 Å². The minimum Gasteiger partial charge on any atom is -0.103 e. The molecule has 0 aromatic heterocycles. The monoisotopic (exact) mass is 360 g/mol. The first-order chi connectivity index (χ1) is 12.7. The average molecular weight is 361 g/mol. The highest BCUT2D eigenvalue weighted by atomic mass is 14.3. The summed E-state index contributed by atoms with van der Waals surface area (Å²) in [6, 6.07) is 14.4. The first-order valence-electron chi connectivity index (χ1n) is 10.6. The average Bonchev–Trinajstić information content (AvgIpc) is 2.94. The van der Waals surface area contributed by atoms with Gasteiger partial charge in [0.2, 0.25) is 0 Å². The second-order valence-corrected chi connectivity index (χ2v) is 9.86. The number of rotatable bonds is 6. The standard InChI is InChI=1S/C27H36/c1-8-10-11-12-21-24-17-19(26(3,4)5)13-15-22(24)23-16-14-20(18-25(21)23)27(6,7)9-2/h8,13-18,21H,1,9-12H2,2-7H3. The van der Waals surface area contributed by atoms with E-state index in [1.165, 1.54) is 40.7 Å². The van der Waals surface area contributed by atoms with E-state index < -0.39 is 0 Å². The molecule has 0 saturated carbocycles. The molecule has 3 rings (SSSR count). The summed E-state index contributed by atoms with van der Waals surface area (Å²) in [5.74, 6) is 0.518. The molecule has 0 nitrogen and oxygen atoms in total. The maximum Gasteiger partial charge on any atom is 0.0102 e. The van der Waals surface area contributed by atoms with Crippen LogP contribution in [0.15, 0.2) is 49.1 Å². The molecule has 0 saturated heterocycles. The van der Waals surface area contributed by atoms with Crippen molar-refractivity contribution in [3.05, 3.63) is 71.3 Å². The normalized spacial score (nSPS) is 16.1. The zero-order valence-corrected chi connectivity index (χ0v) is 18.2. The third kappa shape index (κ3) is 3.77. The van der Waals surface area contributed by atoms with Gasteiger partial charge in [0.1, 0.15) is 0 Å². The van der Waals surface area contributed by atoms with E-state index in [-0.39, 0.29) is 10.8 Å². The fourth-order valence-corrected chi connectivity index (χ4v) is 4.23. The van der Waals surface area contributed by atoms with Crippen LogP contribution in [0.2, 0.25) is 0 Å². The third-order valence-electron chi connectivity index (χ3n) is 6.58. The van der Waals surface area contributed by atoms with Gasteiger partial charge in [-0.25, -0.2) is 0 Å². The lowest BCUT2D eigenvalue weighted by Gasteiger charge is -2.25. The summed E-state index contributed by atoms with van der Waals surface area (Å²) >= 11 is 0. The van der Waals surface area contributed by atoms with Crippen LogP contribution >= 0.6 is 0 Å². The fraction of sp³-hybridized carbons (Fsp3) is 0.481. The van der Waals surface area contributed by atoms with Crippen LogP contribution in [0.1, 0.15) is 95.4 Å². The van der Waals surface area contributed by atoms with Crippen molar-refractivity contribution >= 4 is 0 Å². The Kier molecular flexibility index (Phi) is 5.39. The fourth-order valence-electron chi connectivity index (χ4n) is 4.23. The third-order valence-corrected chi connectivity index (χ3v) is 6.58. The van der Waals surface area contributed by atoms with Gasteiger partial charge in [0, 0.05) is 5.92 Å². The summed E-state index contributed by atoms with van der Waals surface area (Å²) in [7, 11) is 0. The van der Waals surface area contributed by atoms with E-state index in [9.17, 15) is 0 Å². The van der Waals surface area contributed by atoms with E-state index in [1.807, 2.05) is 0 Å². The Morgan fingerprint density at radius 3 is 1.96 bits per heavy atom. The first kappa shape index (κ1) is 19.9. The van der Waals surface area contributed by atoms with Gasteiger partial charge in [-0.05, 0) is 69.9 Å². The number of benzene rings is 2. The first-order valence-corrected chi connectivity index (χ1v) is 10.6. The van der Waals surface area contributed by atoms with Gasteiger partial charge in [-0.15, -0.1) is 6.58 Å². The van der Waals surface area contributed by atoms with E-state index in [0.29, 0.717) is 5.92 Å². The van der Waals surface area contributed by atoms with E-state index in [0.717, 1.165) is 12.8 Å². The summed E-state index contributed by atoms with van der Waals surface area (Å²) in [6.07, 6.45) is 6.72. The smallest absolute Gasteiger partial charge is 0.0102 e. The SMILES string of the molecule is C=CCCCC1c2cc(C(C)(C)C)ccc2-c2ccc(C(C)(C)CC)cc21. The van der Waals surface area contributed by atoms with Gasteiger partial charge in [-0.2, -0.15) is 0 Å². The van der Waals surface area contributed by atoms with E-state index in [4.69, 9.17) is 0 Å². The lowest BCUT2D eigenvalue weighted by atomic mass is 9.80. The molecule has 0 fully saturated rings. The lowest BCUT2D eigenvalue weighted by Crippen LogP contribution is -2.15. The van der Waals surface area contributed by atoms with Gasteiger partial charge in [0.05, 0.1) is 0 Å². The van der Waals surface area contributed by atoms with Gasteiger partial charge < -0.3 is 0 Å². The van der Waals surface area contributed by atoms with E-state index in [1.54, 1.807) is 5.56 Å². The molecule has 0 spiro atoms. The lowest BCUT2D eigenvalue weighted by molar-refractivity contribution is 0.505. The van der Waals surface area contributed by atoms with Gasteiger partial charge in [0.15, 0.2) is 0 Å². The molecule has 2 aromatic rings. The minimum atomic E-state index is 0.185. The molecule has 2 aromatic carbocycles. The van der Waals surface area contributed by atoms with Crippen LogP contribution in [-0.4, -0.2) is 0 Å². The molecule has 0 heteroatoms. The maximum absolute atomic E-state index is 3.92. The summed E-state index contributed by atoms with van der Waals surface area (Å²) in [5.41, 5.74) is 9.30. The highest BCUT2D eigenvalue weighted by Crippen LogP contribution is 2.49. The molecule has 1 atom stereocenters. The van der Waals surface area contributed by atoms with Gasteiger partial charge in [0.25, 0.3) is 0 Å². The van der Waals surface area contributed by atoms with Crippen LogP contribution in [0.25, 0.3) is 11.1 Å².